The number of phenols is 1. The van der Waals surface area contributed by atoms with Crippen LogP contribution >= 0.6 is 0 Å². The summed E-state index contributed by atoms with van der Waals surface area (Å²) in [5.41, 5.74) is 1.46. The van der Waals surface area contributed by atoms with Gasteiger partial charge in [-0.3, -0.25) is 9.59 Å². The van der Waals surface area contributed by atoms with Gasteiger partial charge in [0, 0.05) is 18.5 Å². The number of nitrogens with one attached hydrogen (secondary N) is 1. The highest BCUT2D eigenvalue weighted by Crippen LogP contribution is 2.29. The van der Waals surface area contributed by atoms with E-state index in [2.05, 4.69) is 12.2 Å². The van der Waals surface area contributed by atoms with Gasteiger partial charge >= 0.3 is 5.97 Å². The molecule has 6 nitrogen and oxygen atoms in total. The molecule has 0 aromatic heterocycles. The van der Waals surface area contributed by atoms with Gasteiger partial charge in [-0.15, -0.1) is 0 Å². The molecule has 0 spiro atoms. The van der Waals surface area contributed by atoms with Crippen LogP contribution in [0.5, 0.6) is 17.2 Å². The number of methoxy groups -OCH3 is 1. The van der Waals surface area contributed by atoms with Crippen LogP contribution in [0, 0.1) is 0 Å². The van der Waals surface area contributed by atoms with Crippen LogP contribution < -0.4 is 14.8 Å². The van der Waals surface area contributed by atoms with Crippen molar-refractivity contribution in [3.63, 3.8) is 0 Å². The molecule has 0 aliphatic heterocycles. The Morgan fingerprint density at radius 2 is 1.16 bits per heavy atom. The molecule has 2 rings (SSSR count). The maximum Gasteiger partial charge on any atom is 0.311 e. The highest BCUT2D eigenvalue weighted by atomic mass is 16.6. The van der Waals surface area contributed by atoms with Gasteiger partial charge < -0.3 is 19.9 Å². The van der Waals surface area contributed by atoms with Crippen molar-refractivity contribution >= 4 is 11.9 Å². The number of hydrogen-bond donors (Lipinski definition) is 2. The van der Waals surface area contributed by atoms with Gasteiger partial charge in [-0.25, -0.2) is 0 Å². The Hall–Kier alpha value is -3.02. The number of hydrogen-bond acceptors (Lipinski definition) is 5. The number of carbonyl (C=O) groups is 2. The topological polar surface area (TPSA) is 84.9 Å². The molecule has 2 N–H and O–H groups in total. The van der Waals surface area contributed by atoms with Crippen molar-refractivity contribution in [3.8, 4) is 17.2 Å². The van der Waals surface area contributed by atoms with Crippen molar-refractivity contribution in [1.82, 2.24) is 5.32 Å². The lowest BCUT2D eigenvalue weighted by Crippen LogP contribution is -2.25. The summed E-state index contributed by atoms with van der Waals surface area (Å²) in [5, 5.41) is 12.3. The summed E-state index contributed by atoms with van der Waals surface area (Å²) < 4.78 is 10.9. The van der Waals surface area contributed by atoms with Gasteiger partial charge in [-0.2, -0.15) is 0 Å². The Morgan fingerprint density at radius 3 is 1.66 bits per heavy atom. The lowest BCUT2D eigenvalue weighted by Gasteiger charge is -2.11. The number of rotatable bonds is 26. The summed E-state index contributed by atoms with van der Waals surface area (Å²) in [6.45, 7) is 2.74. The molecule has 1 amide bonds. The van der Waals surface area contributed by atoms with Gasteiger partial charge in [-0.1, -0.05) is 135 Å². The van der Waals surface area contributed by atoms with Gasteiger partial charge in [0.15, 0.2) is 11.5 Å². The van der Waals surface area contributed by atoms with Crippen LogP contribution in [0.3, 0.4) is 0 Å². The second kappa shape index (κ2) is 24.3. The third-order valence-corrected chi connectivity index (χ3v) is 8.27. The van der Waals surface area contributed by atoms with Crippen molar-refractivity contribution in [2.75, 3.05) is 13.7 Å². The van der Waals surface area contributed by atoms with Gasteiger partial charge in [0.05, 0.1) is 7.11 Å². The number of esters is 1. The standard InChI is InChI=1S/C38H59NO5/c1-3-4-5-6-7-8-9-10-11-12-13-14-15-16-17-18-19-20-21-22-37(41)44-35-28-25-33(31-36(35)43-2)38(42)39-30-29-32-23-26-34(40)27-24-32/h23-28,31,40H,3-22,29-30H2,1-2H3,(H,39,42). The van der Waals surface area contributed by atoms with Crippen LogP contribution in [-0.4, -0.2) is 30.6 Å². The summed E-state index contributed by atoms with van der Waals surface area (Å²) in [4.78, 5) is 25.0. The van der Waals surface area contributed by atoms with E-state index in [0.717, 1.165) is 24.8 Å². The number of aromatic hydroxyl groups is 1. The smallest absolute Gasteiger partial charge is 0.311 e. The maximum absolute atomic E-state index is 12.6. The lowest BCUT2D eigenvalue weighted by molar-refractivity contribution is -0.134. The monoisotopic (exact) mass is 609 g/mol. The molecule has 0 aliphatic rings. The van der Waals surface area contributed by atoms with E-state index >= 15 is 0 Å². The highest BCUT2D eigenvalue weighted by Gasteiger charge is 2.14. The lowest BCUT2D eigenvalue weighted by atomic mass is 10.0. The molecule has 0 bridgehead atoms. The summed E-state index contributed by atoms with van der Waals surface area (Å²) in [6.07, 6.45) is 26.1. The number of phenolic OH excluding ortho intramolecular Hbond substituents is 1. The van der Waals surface area contributed by atoms with Crippen molar-refractivity contribution < 1.29 is 24.2 Å². The average molecular weight is 610 g/mol. The van der Waals surface area contributed by atoms with Crippen LogP contribution in [0.25, 0.3) is 0 Å². The Morgan fingerprint density at radius 1 is 0.659 bits per heavy atom. The molecule has 0 radical (unpaired) electrons. The first-order valence-electron chi connectivity index (χ1n) is 17.5. The number of amides is 1. The van der Waals surface area contributed by atoms with E-state index in [4.69, 9.17) is 9.47 Å². The molecule has 0 saturated heterocycles. The fourth-order valence-corrected chi connectivity index (χ4v) is 5.50. The number of carbonyl (C=O) groups excluding carboxylic acids is 2. The van der Waals surface area contributed by atoms with Crippen LogP contribution in [0.15, 0.2) is 42.5 Å². The minimum atomic E-state index is -0.277. The molecular formula is C38H59NO5. The van der Waals surface area contributed by atoms with E-state index < -0.39 is 0 Å². The van der Waals surface area contributed by atoms with Crippen molar-refractivity contribution in [3.05, 3.63) is 53.6 Å². The quantitative estimate of drug-likeness (QED) is 0.0630. The third-order valence-electron chi connectivity index (χ3n) is 8.27. The zero-order valence-corrected chi connectivity index (χ0v) is 27.7. The normalized spacial score (nSPS) is 11.0. The van der Waals surface area contributed by atoms with Gasteiger partial charge in [0.25, 0.3) is 5.91 Å². The van der Waals surface area contributed by atoms with Crippen LogP contribution in [0.4, 0.5) is 0 Å². The summed E-state index contributed by atoms with van der Waals surface area (Å²) >= 11 is 0. The molecule has 246 valence electrons. The number of ether oxygens (including phenoxy) is 2. The van der Waals surface area contributed by atoms with Gasteiger partial charge in [0.1, 0.15) is 5.75 Å². The van der Waals surface area contributed by atoms with E-state index in [1.807, 2.05) is 12.1 Å². The second-order valence-electron chi connectivity index (χ2n) is 12.1. The first-order valence-corrected chi connectivity index (χ1v) is 17.5. The van der Waals surface area contributed by atoms with E-state index in [9.17, 15) is 14.7 Å². The molecule has 6 heteroatoms. The average Bonchev–Trinajstić information content (AvgIpc) is 3.03. The minimum absolute atomic E-state index is 0.219. The van der Waals surface area contributed by atoms with Crippen LogP contribution in [0.2, 0.25) is 0 Å². The van der Waals surface area contributed by atoms with E-state index in [-0.39, 0.29) is 17.6 Å². The molecule has 2 aromatic rings. The minimum Gasteiger partial charge on any atom is -0.508 e. The van der Waals surface area contributed by atoms with E-state index in [1.165, 1.54) is 110 Å². The number of benzene rings is 2. The van der Waals surface area contributed by atoms with Crippen molar-refractivity contribution in [1.29, 1.82) is 0 Å². The van der Waals surface area contributed by atoms with Crippen molar-refractivity contribution in [2.45, 2.75) is 142 Å². The fourth-order valence-electron chi connectivity index (χ4n) is 5.50. The number of unbranched alkanes of at least 4 members (excludes halogenated alkanes) is 18. The predicted octanol–water partition coefficient (Wildman–Crippen LogP) is 10.1. The Kier molecular flexibility index (Phi) is 20.5. The Labute approximate surface area is 267 Å². The van der Waals surface area contributed by atoms with Gasteiger partial charge in [0.2, 0.25) is 0 Å². The zero-order valence-electron chi connectivity index (χ0n) is 27.7. The van der Waals surface area contributed by atoms with E-state index in [0.29, 0.717) is 36.4 Å². The van der Waals surface area contributed by atoms with Gasteiger partial charge in [-0.05, 0) is 48.7 Å². The largest absolute Gasteiger partial charge is 0.508 e. The highest BCUT2D eigenvalue weighted by molar-refractivity contribution is 5.95. The summed E-state index contributed by atoms with van der Waals surface area (Å²) in [6, 6.07) is 11.8. The molecule has 0 unspecified atom stereocenters. The SMILES string of the molecule is CCCCCCCCCCCCCCCCCCCCCC(=O)Oc1ccc(C(=O)NCCc2ccc(O)cc2)cc1OC. The summed E-state index contributed by atoms with van der Waals surface area (Å²) in [7, 11) is 1.50. The molecule has 0 saturated carbocycles. The molecule has 0 heterocycles. The first kappa shape index (κ1) is 37.2. The zero-order chi connectivity index (χ0) is 31.7. The van der Waals surface area contributed by atoms with E-state index in [1.54, 1.807) is 30.3 Å². The Bertz CT molecular complexity index is 1040. The van der Waals surface area contributed by atoms with Crippen LogP contribution in [0.1, 0.15) is 151 Å². The molecular weight excluding hydrogens is 550 g/mol. The fraction of sp³-hybridized carbons (Fsp3) is 0.632. The maximum atomic E-state index is 12.6. The molecule has 0 fully saturated rings. The predicted molar refractivity (Wildman–Crippen MR) is 181 cm³/mol. The second-order valence-corrected chi connectivity index (χ2v) is 12.1. The molecule has 2 aromatic carbocycles. The van der Waals surface area contributed by atoms with Crippen molar-refractivity contribution in [2.24, 2.45) is 0 Å². The molecule has 44 heavy (non-hydrogen) atoms. The Balaban J connectivity index is 1.47. The first-order chi connectivity index (χ1) is 21.5. The molecule has 0 atom stereocenters. The molecule has 0 aliphatic carbocycles. The van der Waals surface area contributed by atoms with Crippen LogP contribution in [-0.2, 0) is 11.2 Å². The summed E-state index contributed by atoms with van der Waals surface area (Å²) in [5.74, 6) is 0.403. The third kappa shape index (κ3) is 17.3.